The number of H-pyrrole nitrogens is 1. The second kappa shape index (κ2) is 6.15. The lowest BCUT2D eigenvalue weighted by Crippen LogP contribution is -2.41. The molecule has 1 aliphatic heterocycles. The third-order valence-corrected chi connectivity index (χ3v) is 4.76. The van der Waals surface area contributed by atoms with E-state index in [0.29, 0.717) is 19.0 Å². The van der Waals surface area contributed by atoms with E-state index in [1.165, 1.54) is 0 Å². The van der Waals surface area contributed by atoms with Crippen molar-refractivity contribution in [1.82, 2.24) is 14.9 Å². The molecule has 5 nitrogen and oxygen atoms in total. The van der Waals surface area contributed by atoms with E-state index < -0.39 is 5.60 Å². The maximum Gasteiger partial charge on any atom is 0.410 e. The molecule has 2 aromatic rings. The predicted molar refractivity (Wildman–Crippen MR) is 93.6 cm³/mol. The first-order chi connectivity index (χ1) is 10.8. The summed E-state index contributed by atoms with van der Waals surface area (Å²) >= 11 is 3.55. The number of amides is 1. The van der Waals surface area contributed by atoms with Crippen molar-refractivity contribution in [2.24, 2.45) is 0 Å². The minimum atomic E-state index is -0.443. The van der Waals surface area contributed by atoms with Crippen molar-refractivity contribution in [1.29, 1.82) is 0 Å². The number of piperidine rings is 1. The van der Waals surface area contributed by atoms with Gasteiger partial charge in [0.25, 0.3) is 0 Å². The van der Waals surface area contributed by atoms with Crippen LogP contribution in [0.5, 0.6) is 0 Å². The Kier molecular flexibility index (Phi) is 4.36. The van der Waals surface area contributed by atoms with Crippen molar-refractivity contribution in [3.63, 3.8) is 0 Å². The van der Waals surface area contributed by atoms with Gasteiger partial charge in [0.1, 0.15) is 5.60 Å². The van der Waals surface area contributed by atoms with Crippen LogP contribution in [0.1, 0.15) is 45.2 Å². The Morgan fingerprint density at radius 1 is 1.39 bits per heavy atom. The fraction of sp³-hybridized carbons (Fsp3) is 0.529. The molecule has 1 fully saturated rings. The summed E-state index contributed by atoms with van der Waals surface area (Å²) in [5.41, 5.74) is 1.69. The largest absolute Gasteiger partial charge is 0.444 e. The Balaban J connectivity index is 1.66. The summed E-state index contributed by atoms with van der Waals surface area (Å²) in [6, 6.07) is 2.14. The molecular formula is C17H22BrN3O2. The lowest BCUT2D eigenvalue weighted by molar-refractivity contribution is 0.0204. The van der Waals surface area contributed by atoms with Crippen LogP contribution >= 0.6 is 15.9 Å². The molecule has 3 heterocycles. The molecule has 0 aromatic carbocycles. The molecule has 0 radical (unpaired) electrons. The first kappa shape index (κ1) is 16.3. The van der Waals surface area contributed by atoms with Crippen molar-refractivity contribution < 1.29 is 9.53 Å². The van der Waals surface area contributed by atoms with Gasteiger partial charge in [-0.05, 0) is 55.6 Å². The molecular weight excluding hydrogens is 358 g/mol. The van der Waals surface area contributed by atoms with E-state index in [4.69, 9.17) is 4.74 Å². The SMILES string of the molecule is CC(C)(C)OC(=O)N1CCC(c2cc3c(Br)c[nH]c3cn2)CC1. The highest BCUT2D eigenvalue weighted by Gasteiger charge is 2.28. The Labute approximate surface area is 144 Å². The van der Waals surface area contributed by atoms with Crippen LogP contribution in [0.2, 0.25) is 0 Å². The van der Waals surface area contributed by atoms with E-state index in [9.17, 15) is 4.79 Å². The Hall–Kier alpha value is -1.56. The number of rotatable bonds is 1. The summed E-state index contributed by atoms with van der Waals surface area (Å²) in [6.45, 7) is 7.11. The van der Waals surface area contributed by atoms with E-state index in [-0.39, 0.29) is 6.09 Å². The van der Waals surface area contributed by atoms with Crippen LogP contribution in [0.15, 0.2) is 22.9 Å². The Morgan fingerprint density at radius 3 is 2.74 bits per heavy atom. The number of likely N-dealkylation sites (tertiary alicyclic amines) is 1. The highest BCUT2D eigenvalue weighted by Crippen LogP contribution is 2.31. The molecule has 0 aliphatic carbocycles. The van der Waals surface area contributed by atoms with Gasteiger partial charge in [-0.25, -0.2) is 4.79 Å². The fourth-order valence-electron chi connectivity index (χ4n) is 2.91. The number of carbonyl (C=O) groups excluding carboxylic acids is 1. The average Bonchev–Trinajstić information content (AvgIpc) is 2.87. The third-order valence-electron chi connectivity index (χ3n) is 4.10. The van der Waals surface area contributed by atoms with Crippen LogP contribution in [0.25, 0.3) is 10.9 Å². The smallest absolute Gasteiger partial charge is 0.410 e. The van der Waals surface area contributed by atoms with Gasteiger partial charge in [0.05, 0.1) is 11.7 Å². The molecule has 6 heteroatoms. The molecule has 23 heavy (non-hydrogen) atoms. The summed E-state index contributed by atoms with van der Waals surface area (Å²) in [5, 5.41) is 1.16. The lowest BCUT2D eigenvalue weighted by atomic mass is 9.93. The van der Waals surface area contributed by atoms with Gasteiger partial charge in [-0.2, -0.15) is 0 Å². The van der Waals surface area contributed by atoms with Gasteiger partial charge in [-0.15, -0.1) is 0 Å². The highest BCUT2D eigenvalue weighted by atomic mass is 79.9. The zero-order chi connectivity index (χ0) is 16.6. The first-order valence-corrected chi connectivity index (χ1v) is 8.73. The number of nitrogens with zero attached hydrogens (tertiary/aromatic N) is 2. The van der Waals surface area contributed by atoms with E-state index in [2.05, 4.69) is 32.0 Å². The van der Waals surface area contributed by atoms with Crippen molar-refractivity contribution >= 4 is 32.9 Å². The molecule has 1 aliphatic rings. The molecule has 0 unspecified atom stereocenters. The van der Waals surface area contributed by atoms with Crippen LogP contribution in [-0.4, -0.2) is 39.7 Å². The topological polar surface area (TPSA) is 58.2 Å². The summed E-state index contributed by atoms with van der Waals surface area (Å²) in [7, 11) is 0. The summed E-state index contributed by atoms with van der Waals surface area (Å²) < 4.78 is 6.50. The van der Waals surface area contributed by atoms with E-state index in [0.717, 1.165) is 33.9 Å². The molecule has 0 atom stereocenters. The van der Waals surface area contributed by atoms with Crippen molar-refractivity contribution in [2.75, 3.05) is 13.1 Å². The summed E-state index contributed by atoms with van der Waals surface area (Å²) in [4.78, 5) is 21.7. The van der Waals surface area contributed by atoms with Gasteiger partial charge in [-0.1, -0.05) is 0 Å². The van der Waals surface area contributed by atoms with Gasteiger partial charge in [-0.3, -0.25) is 4.98 Å². The number of carbonyl (C=O) groups is 1. The number of pyridine rings is 1. The van der Waals surface area contributed by atoms with Crippen LogP contribution in [0, 0.1) is 0 Å². The van der Waals surface area contributed by atoms with Crippen molar-refractivity contribution in [3.05, 3.63) is 28.6 Å². The molecule has 0 bridgehead atoms. The molecule has 1 amide bonds. The van der Waals surface area contributed by atoms with Gasteiger partial charge in [0.2, 0.25) is 0 Å². The number of hydrogen-bond acceptors (Lipinski definition) is 3. The molecule has 1 N–H and O–H groups in total. The van der Waals surface area contributed by atoms with Crippen LogP contribution in [0.3, 0.4) is 0 Å². The number of aromatic nitrogens is 2. The summed E-state index contributed by atoms with van der Waals surface area (Å²) in [6.07, 6.45) is 5.43. The highest BCUT2D eigenvalue weighted by molar-refractivity contribution is 9.10. The van der Waals surface area contributed by atoms with Crippen molar-refractivity contribution in [2.45, 2.75) is 45.1 Å². The fourth-order valence-corrected chi connectivity index (χ4v) is 3.35. The van der Waals surface area contributed by atoms with Gasteiger partial charge in [0.15, 0.2) is 0 Å². The Morgan fingerprint density at radius 2 is 2.09 bits per heavy atom. The standard InChI is InChI=1S/C17H22BrN3O2/c1-17(2,3)23-16(22)21-6-4-11(5-7-21)14-8-12-13(18)9-19-15(12)10-20-14/h8-11,19H,4-7H2,1-3H3. The van der Waals surface area contributed by atoms with Gasteiger partial charge < -0.3 is 14.6 Å². The second-order valence-corrected chi connectivity index (χ2v) is 7.89. The summed E-state index contributed by atoms with van der Waals surface area (Å²) in [5.74, 6) is 0.389. The number of ether oxygens (including phenoxy) is 1. The number of aromatic amines is 1. The van der Waals surface area contributed by atoms with E-state index in [1.807, 2.05) is 33.2 Å². The normalized spacial score (nSPS) is 16.8. The Bertz CT molecular complexity index is 712. The number of halogens is 1. The maximum atomic E-state index is 12.1. The minimum Gasteiger partial charge on any atom is -0.444 e. The second-order valence-electron chi connectivity index (χ2n) is 7.03. The number of fused-ring (bicyclic) bond motifs is 1. The van der Waals surface area contributed by atoms with Gasteiger partial charge >= 0.3 is 6.09 Å². The number of nitrogens with one attached hydrogen (secondary N) is 1. The first-order valence-electron chi connectivity index (χ1n) is 7.94. The quantitative estimate of drug-likeness (QED) is 0.796. The average molecular weight is 380 g/mol. The molecule has 124 valence electrons. The minimum absolute atomic E-state index is 0.215. The third kappa shape index (κ3) is 3.68. The lowest BCUT2D eigenvalue weighted by Gasteiger charge is -2.33. The van der Waals surface area contributed by atoms with E-state index in [1.54, 1.807) is 4.90 Å². The van der Waals surface area contributed by atoms with Crippen LogP contribution < -0.4 is 0 Å². The van der Waals surface area contributed by atoms with Gasteiger partial charge in [0, 0.05) is 40.8 Å². The monoisotopic (exact) mass is 379 g/mol. The van der Waals surface area contributed by atoms with E-state index >= 15 is 0 Å². The van der Waals surface area contributed by atoms with Crippen LogP contribution in [0.4, 0.5) is 4.79 Å². The molecule has 3 rings (SSSR count). The number of hydrogen-bond donors (Lipinski definition) is 1. The predicted octanol–water partition coefficient (Wildman–Crippen LogP) is 4.44. The maximum absolute atomic E-state index is 12.1. The molecule has 0 saturated carbocycles. The van der Waals surface area contributed by atoms with Crippen molar-refractivity contribution in [3.8, 4) is 0 Å². The molecule has 0 spiro atoms. The zero-order valence-corrected chi connectivity index (χ0v) is 15.3. The molecule has 2 aromatic heterocycles. The zero-order valence-electron chi connectivity index (χ0n) is 13.7. The van der Waals surface area contributed by atoms with Crippen LogP contribution in [-0.2, 0) is 4.74 Å². The molecule has 1 saturated heterocycles.